The lowest BCUT2D eigenvalue weighted by Gasteiger charge is -2.17. The lowest BCUT2D eigenvalue weighted by molar-refractivity contribution is 0.243. The molecule has 0 radical (unpaired) electrons. The van der Waals surface area contributed by atoms with Crippen LogP contribution in [0.4, 0.5) is 11.6 Å². The maximum absolute atomic E-state index is 12.2. The highest BCUT2D eigenvalue weighted by atomic mass is 35.5. The fourth-order valence-corrected chi connectivity index (χ4v) is 4.06. The van der Waals surface area contributed by atoms with Gasteiger partial charge in [0.05, 0.1) is 43.3 Å². The summed E-state index contributed by atoms with van der Waals surface area (Å²) in [6.07, 6.45) is 4.69. The summed E-state index contributed by atoms with van der Waals surface area (Å²) in [6.45, 7) is 3.79. The number of aromatic amines is 1. The van der Waals surface area contributed by atoms with E-state index in [1.165, 1.54) is 6.26 Å². The van der Waals surface area contributed by atoms with E-state index in [-0.39, 0.29) is 6.10 Å². The van der Waals surface area contributed by atoms with Gasteiger partial charge in [0.2, 0.25) is 5.95 Å². The van der Waals surface area contributed by atoms with Crippen molar-refractivity contribution in [3.05, 3.63) is 59.9 Å². The van der Waals surface area contributed by atoms with Gasteiger partial charge in [-0.05, 0) is 38.1 Å². The van der Waals surface area contributed by atoms with Crippen molar-refractivity contribution in [2.75, 3.05) is 11.6 Å². The van der Waals surface area contributed by atoms with E-state index >= 15 is 0 Å². The molecule has 0 amide bonds. The van der Waals surface area contributed by atoms with Crippen LogP contribution in [0, 0.1) is 4.78 Å². The number of nitrogens with zero attached hydrogens (tertiary/aromatic N) is 2. The van der Waals surface area contributed by atoms with Gasteiger partial charge >= 0.3 is 0 Å². The van der Waals surface area contributed by atoms with Gasteiger partial charge < -0.3 is 15.0 Å². The molecule has 0 aliphatic heterocycles. The molecule has 160 valence electrons. The van der Waals surface area contributed by atoms with Gasteiger partial charge in [-0.2, -0.15) is 0 Å². The molecule has 0 spiro atoms. The molecule has 1 unspecified atom stereocenters. The minimum atomic E-state index is -2.87. The van der Waals surface area contributed by atoms with Crippen molar-refractivity contribution in [2.24, 2.45) is 0 Å². The van der Waals surface area contributed by atoms with Gasteiger partial charge in [-0.25, -0.2) is 19.0 Å². The highest BCUT2D eigenvalue weighted by Crippen LogP contribution is 2.34. The van der Waals surface area contributed by atoms with Crippen LogP contribution in [-0.4, -0.2) is 31.5 Å². The summed E-state index contributed by atoms with van der Waals surface area (Å²) in [4.78, 5) is 12.6. The fourth-order valence-electron chi connectivity index (χ4n) is 3.20. The van der Waals surface area contributed by atoms with Crippen molar-refractivity contribution in [1.82, 2.24) is 15.0 Å². The lowest BCUT2D eigenvalue weighted by Crippen LogP contribution is -2.09. The van der Waals surface area contributed by atoms with E-state index in [2.05, 4.69) is 20.3 Å². The van der Waals surface area contributed by atoms with E-state index < -0.39 is 9.73 Å². The molecule has 0 fully saturated rings. The van der Waals surface area contributed by atoms with Crippen LogP contribution in [0.3, 0.4) is 0 Å². The Kier molecular flexibility index (Phi) is 5.60. The minimum absolute atomic E-state index is 0.109. The molecule has 7 nitrogen and oxygen atoms in total. The number of hydrogen-bond acceptors (Lipinski definition) is 6. The molecule has 4 rings (SSSR count). The zero-order valence-electron chi connectivity index (χ0n) is 17.3. The number of nitrogens with one attached hydrogen (secondary N) is 3. The molecule has 0 aliphatic carbocycles. The maximum atomic E-state index is 12.2. The lowest BCUT2D eigenvalue weighted by atomic mass is 10.1. The van der Waals surface area contributed by atoms with E-state index in [9.17, 15) is 4.21 Å². The Hall–Kier alpha value is -3.10. The Bertz CT molecular complexity index is 1370. The third kappa shape index (κ3) is 4.50. The van der Waals surface area contributed by atoms with Crippen LogP contribution in [0.2, 0.25) is 5.02 Å². The van der Waals surface area contributed by atoms with E-state index in [0.717, 1.165) is 16.5 Å². The first-order valence-corrected chi connectivity index (χ1v) is 12.0. The Balaban J connectivity index is 1.74. The zero-order chi connectivity index (χ0) is 22.2. The van der Waals surface area contributed by atoms with Crippen molar-refractivity contribution in [3.8, 4) is 17.0 Å². The van der Waals surface area contributed by atoms with Crippen molar-refractivity contribution in [2.45, 2.75) is 24.8 Å². The van der Waals surface area contributed by atoms with E-state index in [4.69, 9.17) is 21.1 Å². The predicted molar refractivity (Wildman–Crippen MR) is 125 cm³/mol. The first-order valence-electron chi connectivity index (χ1n) is 9.63. The summed E-state index contributed by atoms with van der Waals surface area (Å²) in [6, 6.07) is 12.9. The van der Waals surface area contributed by atoms with Crippen molar-refractivity contribution in [1.29, 1.82) is 4.78 Å². The number of aromatic nitrogens is 3. The van der Waals surface area contributed by atoms with Crippen molar-refractivity contribution >= 4 is 43.9 Å². The Morgan fingerprint density at radius 2 is 2.00 bits per heavy atom. The summed E-state index contributed by atoms with van der Waals surface area (Å²) in [5, 5.41) is 4.61. The highest BCUT2D eigenvalue weighted by Gasteiger charge is 2.15. The molecule has 0 bridgehead atoms. The first kappa shape index (κ1) is 21.1. The fraction of sp³-hybridized carbons (Fsp3) is 0.182. The third-order valence-electron chi connectivity index (χ3n) is 4.60. The molecule has 4 aromatic rings. The Labute approximate surface area is 185 Å². The normalized spacial score (nSPS) is 13.3. The number of hydrogen-bond donors (Lipinski definition) is 3. The van der Waals surface area contributed by atoms with Gasteiger partial charge in [0.1, 0.15) is 5.75 Å². The molecular formula is C22H22ClN5O2S. The van der Waals surface area contributed by atoms with Gasteiger partial charge in [0, 0.05) is 28.9 Å². The molecule has 0 aliphatic rings. The number of anilines is 2. The van der Waals surface area contributed by atoms with Crippen LogP contribution in [0.5, 0.6) is 5.75 Å². The van der Waals surface area contributed by atoms with E-state index in [1.807, 2.05) is 44.3 Å². The van der Waals surface area contributed by atoms with Crippen LogP contribution < -0.4 is 10.1 Å². The monoisotopic (exact) mass is 455 g/mol. The second kappa shape index (κ2) is 8.20. The quantitative estimate of drug-likeness (QED) is 0.338. The first-order chi connectivity index (χ1) is 14.7. The molecule has 0 saturated carbocycles. The van der Waals surface area contributed by atoms with Gasteiger partial charge in [-0.15, -0.1) is 0 Å². The highest BCUT2D eigenvalue weighted by molar-refractivity contribution is 7.91. The van der Waals surface area contributed by atoms with Crippen molar-refractivity contribution < 1.29 is 8.95 Å². The SMILES string of the molecule is CC(C)Oc1cc(S(C)(=N)=O)ccc1Nc1ncc(Cl)c(-c2c[nH]c3ccccc23)n1. The summed E-state index contributed by atoms with van der Waals surface area (Å²) in [7, 11) is -2.87. The Morgan fingerprint density at radius 1 is 1.23 bits per heavy atom. The van der Waals surface area contributed by atoms with Crippen LogP contribution in [0.1, 0.15) is 13.8 Å². The van der Waals surface area contributed by atoms with E-state index in [1.54, 1.807) is 24.4 Å². The number of fused-ring (bicyclic) bond motifs is 1. The molecule has 2 heterocycles. The second-order valence-electron chi connectivity index (χ2n) is 7.43. The maximum Gasteiger partial charge on any atom is 0.227 e. The third-order valence-corrected chi connectivity index (χ3v) is 6.03. The van der Waals surface area contributed by atoms with Crippen molar-refractivity contribution in [3.63, 3.8) is 0 Å². The molecule has 2 aromatic carbocycles. The second-order valence-corrected chi connectivity index (χ2v) is 10.00. The summed E-state index contributed by atoms with van der Waals surface area (Å²) >= 11 is 6.42. The van der Waals surface area contributed by atoms with Gasteiger partial charge in [-0.3, -0.25) is 0 Å². The predicted octanol–water partition coefficient (Wildman–Crippen LogP) is 5.84. The number of rotatable bonds is 6. The molecule has 31 heavy (non-hydrogen) atoms. The standard InChI is InChI=1S/C22H22ClN5O2S/c1-13(2)30-20-10-14(31(3,24)29)8-9-19(20)27-22-26-12-17(23)21(28-22)16-11-25-18-7-5-4-6-15(16)18/h4-13,24-25H,1-3H3,(H,26,27,28). The minimum Gasteiger partial charge on any atom is -0.489 e. The molecule has 9 heteroatoms. The molecule has 3 N–H and O–H groups in total. The molecule has 0 saturated heterocycles. The Morgan fingerprint density at radius 3 is 2.74 bits per heavy atom. The molecular weight excluding hydrogens is 434 g/mol. The largest absolute Gasteiger partial charge is 0.489 e. The zero-order valence-corrected chi connectivity index (χ0v) is 18.8. The number of ether oxygens (including phenoxy) is 1. The van der Waals surface area contributed by atoms with Crippen LogP contribution in [0.15, 0.2) is 59.8 Å². The van der Waals surface area contributed by atoms with Crippen LogP contribution >= 0.6 is 11.6 Å². The number of H-pyrrole nitrogens is 1. The molecule has 2 aromatic heterocycles. The topological polar surface area (TPSA) is 104 Å². The average Bonchev–Trinajstić information content (AvgIpc) is 3.13. The van der Waals surface area contributed by atoms with Gasteiger partial charge in [0.25, 0.3) is 0 Å². The summed E-state index contributed by atoms with van der Waals surface area (Å²) in [5.74, 6) is 0.815. The van der Waals surface area contributed by atoms with Crippen LogP contribution in [0.25, 0.3) is 22.2 Å². The number of benzene rings is 2. The van der Waals surface area contributed by atoms with Crippen LogP contribution in [-0.2, 0) is 9.73 Å². The number of para-hydroxylation sites is 1. The van der Waals surface area contributed by atoms with Gasteiger partial charge in [0.15, 0.2) is 0 Å². The van der Waals surface area contributed by atoms with Gasteiger partial charge in [-0.1, -0.05) is 29.8 Å². The smallest absolute Gasteiger partial charge is 0.227 e. The average molecular weight is 456 g/mol. The summed E-state index contributed by atoms with van der Waals surface area (Å²) < 4.78 is 25.9. The number of halogens is 1. The molecule has 1 atom stereocenters. The van der Waals surface area contributed by atoms with E-state index in [0.29, 0.717) is 33.0 Å². The summed E-state index contributed by atoms with van der Waals surface area (Å²) in [5.41, 5.74) is 3.07.